The molecule has 1 aromatic rings. The Labute approximate surface area is 144 Å². The highest BCUT2D eigenvalue weighted by Crippen LogP contribution is 2.23. The molecule has 0 aliphatic carbocycles. The number of hydrogen-bond donors (Lipinski definition) is 3. The smallest absolute Gasteiger partial charge is 0.407 e. The fraction of sp³-hybridized carbons (Fsp3) is 0.529. The van der Waals surface area contributed by atoms with Crippen LogP contribution in [0.4, 0.5) is 10.5 Å². The van der Waals surface area contributed by atoms with Gasteiger partial charge in [-0.1, -0.05) is 32.0 Å². The Hall–Kier alpha value is -1.82. The third-order valence-electron chi connectivity index (χ3n) is 2.91. The molecule has 1 amide bonds. The Morgan fingerprint density at radius 1 is 1.17 bits per heavy atom. The molecule has 5 nitrogen and oxygen atoms in total. The molecule has 128 valence electrons. The number of alkyl carbamates (subject to hydrolysis) is 1. The first kappa shape index (κ1) is 19.2. The van der Waals surface area contributed by atoms with Crippen LogP contribution in [0.2, 0.25) is 0 Å². The van der Waals surface area contributed by atoms with E-state index >= 15 is 0 Å². The molecule has 3 N–H and O–H groups in total. The number of thiocarbonyl (C=S) groups is 1. The lowest BCUT2D eigenvalue weighted by atomic mass is 10.0. The lowest BCUT2D eigenvalue weighted by Gasteiger charge is -2.20. The molecule has 0 spiro atoms. The molecule has 1 rings (SSSR count). The summed E-state index contributed by atoms with van der Waals surface area (Å²) in [5, 5.41) is 9.47. The second-order valence-electron chi connectivity index (χ2n) is 6.55. The van der Waals surface area contributed by atoms with Gasteiger partial charge in [-0.25, -0.2) is 4.79 Å². The quantitative estimate of drug-likeness (QED) is 0.566. The van der Waals surface area contributed by atoms with Gasteiger partial charge in [-0.05, 0) is 50.5 Å². The Kier molecular flexibility index (Phi) is 7.29. The number of rotatable bonds is 5. The van der Waals surface area contributed by atoms with Crippen molar-refractivity contribution in [1.29, 1.82) is 0 Å². The minimum Gasteiger partial charge on any atom is -0.444 e. The molecule has 1 aromatic carbocycles. The fourth-order valence-electron chi connectivity index (χ4n) is 1.94. The number of carbonyl (C=O) groups is 1. The number of benzene rings is 1. The lowest BCUT2D eigenvalue weighted by molar-refractivity contribution is 0.0529. The summed E-state index contributed by atoms with van der Waals surface area (Å²) in [6.07, 6.45) is -0.427. The van der Waals surface area contributed by atoms with E-state index in [9.17, 15) is 4.79 Å². The van der Waals surface area contributed by atoms with Gasteiger partial charge in [0, 0.05) is 18.8 Å². The predicted molar refractivity (Wildman–Crippen MR) is 99.0 cm³/mol. The monoisotopic (exact) mass is 337 g/mol. The Balaban J connectivity index is 2.34. The highest BCUT2D eigenvalue weighted by Gasteiger charge is 2.15. The maximum atomic E-state index is 11.5. The van der Waals surface area contributed by atoms with Crippen molar-refractivity contribution < 1.29 is 9.53 Å². The summed E-state index contributed by atoms with van der Waals surface area (Å²) in [5.41, 5.74) is 1.72. The van der Waals surface area contributed by atoms with E-state index in [1.807, 2.05) is 39.0 Å². The summed E-state index contributed by atoms with van der Waals surface area (Å²) in [6.45, 7) is 10.7. The van der Waals surface area contributed by atoms with Crippen molar-refractivity contribution in [3.8, 4) is 0 Å². The molecule has 0 unspecified atom stereocenters. The van der Waals surface area contributed by atoms with Crippen LogP contribution in [-0.4, -0.2) is 29.9 Å². The third kappa shape index (κ3) is 7.83. The number of para-hydroxylation sites is 1. The maximum Gasteiger partial charge on any atom is 0.407 e. The first-order chi connectivity index (χ1) is 10.7. The molecule has 0 heterocycles. The van der Waals surface area contributed by atoms with Crippen molar-refractivity contribution in [3.05, 3.63) is 29.8 Å². The summed E-state index contributed by atoms with van der Waals surface area (Å²) in [4.78, 5) is 11.5. The predicted octanol–water partition coefficient (Wildman–Crippen LogP) is 3.62. The number of carbonyl (C=O) groups excluding carboxylic acids is 1. The van der Waals surface area contributed by atoms with Crippen LogP contribution < -0.4 is 16.0 Å². The van der Waals surface area contributed by atoms with E-state index in [0.717, 1.165) is 5.69 Å². The van der Waals surface area contributed by atoms with Crippen molar-refractivity contribution >= 4 is 29.1 Å². The molecular formula is C17H27N3O2S. The van der Waals surface area contributed by atoms with Crippen molar-refractivity contribution in [2.45, 2.75) is 46.1 Å². The minimum absolute atomic E-state index is 0.412. The van der Waals surface area contributed by atoms with Crippen LogP contribution in [0, 0.1) is 0 Å². The zero-order valence-electron chi connectivity index (χ0n) is 14.5. The lowest BCUT2D eigenvalue weighted by Crippen LogP contribution is -2.39. The first-order valence-electron chi connectivity index (χ1n) is 7.79. The van der Waals surface area contributed by atoms with Gasteiger partial charge >= 0.3 is 6.09 Å². The van der Waals surface area contributed by atoms with E-state index in [1.54, 1.807) is 0 Å². The number of hydrogen-bond acceptors (Lipinski definition) is 3. The third-order valence-corrected chi connectivity index (χ3v) is 3.16. The molecule has 0 radical (unpaired) electrons. The van der Waals surface area contributed by atoms with Crippen LogP contribution in [0.3, 0.4) is 0 Å². The van der Waals surface area contributed by atoms with E-state index in [1.165, 1.54) is 5.56 Å². The van der Waals surface area contributed by atoms with Gasteiger partial charge in [-0.2, -0.15) is 0 Å². The van der Waals surface area contributed by atoms with E-state index in [2.05, 4.69) is 35.9 Å². The first-order valence-corrected chi connectivity index (χ1v) is 8.20. The molecule has 0 aliphatic heterocycles. The fourth-order valence-corrected chi connectivity index (χ4v) is 2.15. The van der Waals surface area contributed by atoms with E-state index in [0.29, 0.717) is 24.1 Å². The highest BCUT2D eigenvalue weighted by molar-refractivity contribution is 7.80. The summed E-state index contributed by atoms with van der Waals surface area (Å²) >= 11 is 5.28. The van der Waals surface area contributed by atoms with Gasteiger partial charge in [-0.3, -0.25) is 0 Å². The molecule has 0 saturated heterocycles. The summed E-state index contributed by atoms with van der Waals surface area (Å²) in [5.74, 6) is 0.412. The molecule has 0 fully saturated rings. The Morgan fingerprint density at radius 2 is 1.78 bits per heavy atom. The molecule has 0 atom stereocenters. The van der Waals surface area contributed by atoms with Crippen molar-refractivity contribution in [2.75, 3.05) is 18.4 Å². The van der Waals surface area contributed by atoms with Crippen molar-refractivity contribution in [1.82, 2.24) is 10.6 Å². The van der Waals surface area contributed by atoms with Crippen LogP contribution >= 0.6 is 12.2 Å². The van der Waals surface area contributed by atoms with Gasteiger partial charge < -0.3 is 20.7 Å². The Morgan fingerprint density at radius 3 is 2.39 bits per heavy atom. The number of anilines is 1. The van der Waals surface area contributed by atoms with Crippen molar-refractivity contribution in [2.24, 2.45) is 0 Å². The van der Waals surface area contributed by atoms with Gasteiger partial charge in [0.1, 0.15) is 5.60 Å². The van der Waals surface area contributed by atoms with Crippen LogP contribution in [0.5, 0.6) is 0 Å². The highest BCUT2D eigenvalue weighted by atomic mass is 32.1. The second-order valence-corrected chi connectivity index (χ2v) is 6.96. The summed E-state index contributed by atoms with van der Waals surface area (Å²) < 4.78 is 5.16. The van der Waals surface area contributed by atoms with Gasteiger partial charge in [-0.15, -0.1) is 0 Å². The minimum atomic E-state index is -0.491. The van der Waals surface area contributed by atoms with Crippen LogP contribution in [-0.2, 0) is 4.74 Å². The molecule has 0 aliphatic rings. The van der Waals surface area contributed by atoms with Crippen LogP contribution in [0.1, 0.15) is 46.1 Å². The number of ether oxygens (including phenoxy) is 1. The normalized spacial score (nSPS) is 11.0. The molecular weight excluding hydrogens is 310 g/mol. The molecule has 23 heavy (non-hydrogen) atoms. The van der Waals surface area contributed by atoms with Gasteiger partial charge in [0.15, 0.2) is 5.11 Å². The zero-order valence-corrected chi connectivity index (χ0v) is 15.3. The largest absolute Gasteiger partial charge is 0.444 e. The molecule has 0 saturated carbocycles. The number of nitrogens with one attached hydrogen (secondary N) is 3. The van der Waals surface area contributed by atoms with Gasteiger partial charge in [0.25, 0.3) is 0 Å². The van der Waals surface area contributed by atoms with Crippen molar-refractivity contribution in [3.63, 3.8) is 0 Å². The molecule has 0 bridgehead atoms. The van der Waals surface area contributed by atoms with E-state index in [-0.39, 0.29) is 0 Å². The number of amides is 1. The SMILES string of the molecule is CC(C)c1ccccc1NC(=S)NCCNC(=O)OC(C)(C)C. The zero-order chi connectivity index (χ0) is 17.5. The van der Waals surface area contributed by atoms with Crippen LogP contribution in [0.15, 0.2) is 24.3 Å². The van der Waals surface area contributed by atoms with E-state index in [4.69, 9.17) is 17.0 Å². The average Bonchev–Trinajstić information content (AvgIpc) is 2.42. The van der Waals surface area contributed by atoms with Gasteiger partial charge in [0.05, 0.1) is 0 Å². The van der Waals surface area contributed by atoms with Gasteiger partial charge in [0.2, 0.25) is 0 Å². The van der Waals surface area contributed by atoms with E-state index < -0.39 is 11.7 Å². The standard InChI is InChI=1S/C17H27N3O2S/c1-12(2)13-8-6-7-9-14(13)20-15(23)18-10-11-19-16(21)22-17(3,4)5/h6-9,12H,10-11H2,1-5H3,(H,19,21)(H2,18,20,23). The Bertz CT molecular complexity index is 539. The maximum absolute atomic E-state index is 11.5. The second kappa shape index (κ2) is 8.72. The summed E-state index contributed by atoms with van der Waals surface area (Å²) in [6, 6.07) is 8.07. The molecule has 6 heteroatoms. The topological polar surface area (TPSA) is 62.4 Å². The summed E-state index contributed by atoms with van der Waals surface area (Å²) in [7, 11) is 0. The average molecular weight is 337 g/mol. The van der Waals surface area contributed by atoms with Crippen LogP contribution in [0.25, 0.3) is 0 Å². The molecule has 0 aromatic heterocycles.